The van der Waals surface area contributed by atoms with E-state index < -0.39 is 0 Å². The number of nitrogens with zero attached hydrogens (tertiary/aromatic N) is 2. The molecule has 23 heavy (non-hydrogen) atoms. The van der Waals surface area contributed by atoms with Crippen molar-refractivity contribution in [1.29, 1.82) is 0 Å². The van der Waals surface area contributed by atoms with Crippen LogP contribution in [-0.4, -0.2) is 29.1 Å². The van der Waals surface area contributed by atoms with Crippen molar-refractivity contribution in [2.45, 2.75) is 13.3 Å². The van der Waals surface area contributed by atoms with Crippen molar-refractivity contribution in [3.8, 4) is 0 Å². The number of ether oxygens (including phenoxy) is 1. The Bertz CT molecular complexity index is 655. The van der Waals surface area contributed by atoms with Gasteiger partial charge in [0.1, 0.15) is 0 Å². The van der Waals surface area contributed by atoms with E-state index in [0.717, 1.165) is 23.6 Å². The predicted octanol–water partition coefficient (Wildman–Crippen LogP) is 3.36. The predicted molar refractivity (Wildman–Crippen MR) is 91.3 cm³/mol. The average Bonchev–Trinajstić information content (AvgIpc) is 2.56. The third kappa shape index (κ3) is 6.08. The molecule has 0 bridgehead atoms. The molecule has 0 aliphatic heterocycles. The van der Waals surface area contributed by atoms with Gasteiger partial charge in [-0.1, -0.05) is 23.7 Å². The first-order valence-electron chi connectivity index (χ1n) is 7.32. The first kappa shape index (κ1) is 17.0. The van der Waals surface area contributed by atoms with Crippen molar-refractivity contribution in [2.75, 3.05) is 18.5 Å². The lowest BCUT2D eigenvalue weighted by molar-refractivity contribution is -0.137. The molecule has 120 valence electrons. The summed E-state index contributed by atoms with van der Waals surface area (Å²) in [4.78, 5) is 19.6. The van der Waals surface area contributed by atoms with Crippen LogP contribution in [0.3, 0.4) is 0 Å². The van der Waals surface area contributed by atoms with Crippen LogP contribution >= 0.6 is 11.6 Å². The van der Waals surface area contributed by atoms with Gasteiger partial charge in [0.25, 0.3) is 0 Å². The van der Waals surface area contributed by atoms with Crippen LogP contribution in [0.2, 0.25) is 5.02 Å². The maximum absolute atomic E-state index is 11.2. The van der Waals surface area contributed by atoms with Gasteiger partial charge in [0.05, 0.1) is 6.61 Å². The van der Waals surface area contributed by atoms with E-state index in [2.05, 4.69) is 15.3 Å². The van der Waals surface area contributed by atoms with E-state index in [4.69, 9.17) is 16.3 Å². The zero-order valence-corrected chi connectivity index (χ0v) is 13.6. The molecule has 5 nitrogen and oxygen atoms in total. The molecule has 0 spiro atoms. The van der Waals surface area contributed by atoms with Crippen molar-refractivity contribution in [3.05, 3.63) is 58.9 Å². The van der Waals surface area contributed by atoms with Crippen LogP contribution < -0.4 is 5.32 Å². The number of carbonyl (C=O) groups is 1. The molecule has 0 saturated heterocycles. The van der Waals surface area contributed by atoms with Gasteiger partial charge in [0, 0.05) is 35.6 Å². The highest BCUT2D eigenvalue weighted by Gasteiger charge is 1.98. The van der Waals surface area contributed by atoms with E-state index in [1.807, 2.05) is 24.3 Å². The Morgan fingerprint density at radius 1 is 1.26 bits per heavy atom. The molecule has 2 aromatic rings. The highest BCUT2D eigenvalue weighted by atomic mass is 35.5. The van der Waals surface area contributed by atoms with Gasteiger partial charge in [-0.15, -0.1) is 0 Å². The summed E-state index contributed by atoms with van der Waals surface area (Å²) in [7, 11) is 0. The summed E-state index contributed by atoms with van der Waals surface area (Å²) in [5.41, 5.74) is 1.93. The first-order valence-corrected chi connectivity index (χ1v) is 7.70. The summed E-state index contributed by atoms with van der Waals surface area (Å²) in [5, 5.41) is 3.88. The summed E-state index contributed by atoms with van der Waals surface area (Å²) in [5.74, 6) is 0.171. The van der Waals surface area contributed by atoms with Gasteiger partial charge in [-0.25, -0.2) is 14.8 Å². The Balaban J connectivity index is 1.80. The van der Waals surface area contributed by atoms with Crippen LogP contribution in [0.4, 0.5) is 5.95 Å². The number of halogens is 1. The van der Waals surface area contributed by atoms with E-state index in [1.165, 1.54) is 11.6 Å². The van der Waals surface area contributed by atoms with Crippen molar-refractivity contribution in [1.82, 2.24) is 9.97 Å². The molecule has 0 atom stereocenters. The van der Waals surface area contributed by atoms with Gasteiger partial charge in [-0.05, 0) is 37.1 Å². The summed E-state index contributed by atoms with van der Waals surface area (Å²) < 4.78 is 4.80. The standard InChI is InChI=1S/C17H18ClN3O2/c1-2-23-16(22)8-5-14-11-20-17(21-12-14)19-10-9-13-3-6-15(18)7-4-13/h3-8,11-12H,2,9-10H2,1H3,(H,19,20,21)/b8-5+. The molecule has 1 heterocycles. The Morgan fingerprint density at radius 3 is 2.61 bits per heavy atom. The largest absolute Gasteiger partial charge is 0.463 e. The molecule has 1 aromatic carbocycles. The SMILES string of the molecule is CCOC(=O)/C=C/c1cnc(NCCc2ccc(Cl)cc2)nc1. The van der Waals surface area contributed by atoms with Gasteiger partial charge in [-0.2, -0.15) is 0 Å². The number of hydrogen-bond acceptors (Lipinski definition) is 5. The topological polar surface area (TPSA) is 64.1 Å². The molecule has 0 amide bonds. The van der Waals surface area contributed by atoms with E-state index in [0.29, 0.717) is 12.6 Å². The van der Waals surface area contributed by atoms with E-state index >= 15 is 0 Å². The van der Waals surface area contributed by atoms with Crippen LogP contribution in [0.25, 0.3) is 6.08 Å². The Labute approximate surface area is 140 Å². The lowest BCUT2D eigenvalue weighted by Crippen LogP contribution is -2.07. The minimum Gasteiger partial charge on any atom is -0.463 e. The maximum atomic E-state index is 11.2. The number of anilines is 1. The molecule has 2 rings (SSSR count). The first-order chi connectivity index (χ1) is 11.2. The number of nitrogens with one attached hydrogen (secondary N) is 1. The Hall–Kier alpha value is -2.40. The van der Waals surface area contributed by atoms with Gasteiger partial charge in [0.15, 0.2) is 0 Å². The second-order valence-corrected chi connectivity index (χ2v) is 5.17. The molecule has 6 heteroatoms. The second-order valence-electron chi connectivity index (χ2n) is 4.73. The molecule has 0 fully saturated rings. The molecular weight excluding hydrogens is 314 g/mol. The average molecular weight is 332 g/mol. The zero-order valence-electron chi connectivity index (χ0n) is 12.8. The number of benzene rings is 1. The third-order valence-electron chi connectivity index (χ3n) is 2.98. The normalized spacial score (nSPS) is 10.7. The lowest BCUT2D eigenvalue weighted by Gasteiger charge is -2.05. The van der Waals surface area contributed by atoms with Crippen LogP contribution in [0.5, 0.6) is 0 Å². The lowest BCUT2D eigenvalue weighted by atomic mass is 10.1. The molecule has 1 aromatic heterocycles. The third-order valence-corrected chi connectivity index (χ3v) is 3.23. The number of rotatable bonds is 7. The van der Waals surface area contributed by atoms with Gasteiger partial charge >= 0.3 is 5.97 Å². The summed E-state index contributed by atoms with van der Waals surface area (Å²) >= 11 is 5.85. The van der Waals surface area contributed by atoms with Crippen molar-refractivity contribution in [2.24, 2.45) is 0 Å². The Morgan fingerprint density at radius 2 is 1.96 bits per heavy atom. The number of hydrogen-bond donors (Lipinski definition) is 1. The summed E-state index contributed by atoms with van der Waals surface area (Å²) in [6.45, 7) is 2.84. The molecular formula is C17H18ClN3O2. The molecule has 0 aliphatic carbocycles. The monoisotopic (exact) mass is 331 g/mol. The summed E-state index contributed by atoms with van der Waals surface area (Å²) in [6, 6.07) is 7.73. The summed E-state index contributed by atoms with van der Waals surface area (Å²) in [6.07, 6.45) is 7.12. The van der Waals surface area contributed by atoms with Crippen molar-refractivity contribution < 1.29 is 9.53 Å². The quantitative estimate of drug-likeness (QED) is 0.622. The number of aromatic nitrogens is 2. The minimum atomic E-state index is -0.377. The molecule has 1 N–H and O–H groups in total. The van der Waals surface area contributed by atoms with E-state index in [9.17, 15) is 4.79 Å². The molecule has 0 unspecified atom stereocenters. The fourth-order valence-corrected chi connectivity index (χ4v) is 1.97. The van der Waals surface area contributed by atoms with Gasteiger partial charge < -0.3 is 10.1 Å². The maximum Gasteiger partial charge on any atom is 0.330 e. The van der Waals surface area contributed by atoms with E-state index in [1.54, 1.807) is 25.4 Å². The second kappa shape index (κ2) is 8.90. The highest BCUT2D eigenvalue weighted by molar-refractivity contribution is 6.30. The van der Waals surface area contributed by atoms with Crippen molar-refractivity contribution >= 4 is 29.6 Å². The number of esters is 1. The fourth-order valence-electron chi connectivity index (χ4n) is 1.84. The van der Waals surface area contributed by atoms with Crippen molar-refractivity contribution in [3.63, 3.8) is 0 Å². The smallest absolute Gasteiger partial charge is 0.330 e. The molecule has 0 radical (unpaired) electrons. The Kier molecular flexibility index (Phi) is 6.56. The zero-order chi connectivity index (χ0) is 16.5. The highest BCUT2D eigenvalue weighted by Crippen LogP contribution is 2.10. The minimum absolute atomic E-state index is 0.357. The van der Waals surface area contributed by atoms with E-state index in [-0.39, 0.29) is 5.97 Å². The van der Waals surface area contributed by atoms with Crippen LogP contribution in [-0.2, 0) is 16.0 Å². The molecule has 0 aliphatic rings. The fraction of sp³-hybridized carbons (Fsp3) is 0.235. The van der Waals surface area contributed by atoms with Crippen LogP contribution in [0, 0.1) is 0 Å². The molecule has 0 saturated carbocycles. The van der Waals surface area contributed by atoms with Crippen LogP contribution in [0.15, 0.2) is 42.7 Å². The van der Waals surface area contributed by atoms with Crippen LogP contribution in [0.1, 0.15) is 18.1 Å². The van der Waals surface area contributed by atoms with Gasteiger partial charge in [-0.3, -0.25) is 0 Å². The van der Waals surface area contributed by atoms with Gasteiger partial charge in [0.2, 0.25) is 5.95 Å². The number of carbonyl (C=O) groups excluding carboxylic acids is 1.